The van der Waals surface area contributed by atoms with Gasteiger partial charge in [0.1, 0.15) is 0 Å². The van der Waals surface area contributed by atoms with Crippen LogP contribution < -0.4 is 4.90 Å². The lowest BCUT2D eigenvalue weighted by Gasteiger charge is -2.18. The fraction of sp³-hybridized carbons (Fsp3) is 0.286. The van der Waals surface area contributed by atoms with E-state index in [-0.39, 0.29) is 24.6 Å². The van der Waals surface area contributed by atoms with Crippen LogP contribution in [0.4, 0.5) is 5.69 Å². The summed E-state index contributed by atoms with van der Waals surface area (Å²) in [6.45, 7) is 5.80. The van der Waals surface area contributed by atoms with E-state index in [0.29, 0.717) is 11.4 Å². The third-order valence-corrected chi connectivity index (χ3v) is 3.13. The summed E-state index contributed by atoms with van der Waals surface area (Å²) in [5, 5.41) is 0.556. The minimum absolute atomic E-state index is 0.0669. The fourth-order valence-corrected chi connectivity index (χ4v) is 2.16. The van der Waals surface area contributed by atoms with E-state index in [1.165, 1.54) is 4.90 Å². The summed E-state index contributed by atoms with van der Waals surface area (Å²) in [6, 6.07) is 5.29. The van der Waals surface area contributed by atoms with E-state index in [2.05, 4.69) is 6.58 Å². The molecule has 19 heavy (non-hydrogen) atoms. The van der Waals surface area contributed by atoms with Crippen molar-refractivity contribution in [2.75, 3.05) is 18.1 Å². The normalized spacial score (nSPS) is 13.4. The lowest BCUT2D eigenvalue weighted by Crippen LogP contribution is -2.31. The molecule has 0 atom stereocenters. The Bertz CT molecular complexity index is 554. The molecule has 5 heteroatoms. The molecule has 1 amide bonds. The monoisotopic (exact) mass is 279 g/mol. The number of nitrogens with zero attached hydrogens (tertiary/aromatic N) is 1. The molecule has 0 radical (unpaired) electrons. The molecule has 2 rings (SSSR count). The zero-order chi connectivity index (χ0) is 14.0. The molecule has 4 nitrogen and oxygen atoms in total. The van der Waals surface area contributed by atoms with E-state index in [0.717, 1.165) is 11.3 Å². The van der Waals surface area contributed by atoms with Crippen molar-refractivity contribution in [3.05, 3.63) is 40.9 Å². The molecule has 0 bridgehead atoms. The summed E-state index contributed by atoms with van der Waals surface area (Å²) in [6.07, 6.45) is 0.322. The predicted octanol–water partition coefficient (Wildman–Crippen LogP) is 2.35. The van der Waals surface area contributed by atoms with Crippen LogP contribution in [-0.4, -0.2) is 25.0 Å². The molecule has 0 N–H and O–H groups in total. The van der Waals surface area contributed by atoms with Gasteiger partial charge in [0, 0.05) is 16.3 Å². The Morgan fingerprint density at radius 2 is 2.26 bits per heavy atom. The molecular formula is C14H14ClNO3. The highest BCUT2D eigenvalue weighted by Gasteiger charge is 2.28. The highest BCUT2D eigenvalue weighted by Crippen LogP contribution is 2.31. The predicted molar refractivity (Wildman–Crippen MR) is 73.3 cm³/mol. The third-order valence-electron chi connectivity index (χ3n) is 2.89. The van der Waals surface area contributed by atoms with E-state index in [9.17, 15) is 9.59 Å². The van der Waals surface area contributed by atoms with Gasteiger partial charge in [-0.2, -0.15) is 0 Å². The Hall–Kier alpha value is -1.81. The van der Waals surface area contributed by atoms with Gasteiger partial charge in [-0.25, -0.2) is 4.79 Å². The fourth-order valence-electron chi connectivity index (χ4n) is 1.99. The maximum atomic E-state index is 11.9. The first-order chi connectivity index (χ1) is 9.02. The lowest BCUT2D eigenvalue weighted by atomic mass is 10.2. The topological polar surface area (TPSA) is 46.6 Å². The molecule has 1 aliphatic rings. The number of hydrogen-bond donors (Lipinski definition) is 0. The highest BCUT2D eigenvalue weighted by atomic mass is 35.5. The molecule has 1 aromatic carbocycles. The van der Waals surface area contributed by atoms with E-state index in [4.69, 9.17) is 16.3 Å². The van der Waals surface area contributed by atoms with Gasteiger partial charge < -0.3 is 9.64 Å². The lowest BCUT2D eigenvalue weighted by molar-refractivity contribution is -0.138. The molecule has 0 aliphatic carbocycles. The summed E-state index contributed by atoms with van der Waals surface area (Å²) in [4.78, 5) is 25.0. The maximum Gasteiger partial charge on any atom is 0.335 e. The van der Waals surface area contributed by atoms with Crippen molar-refractivity contribution < 1.29 is 14.3 Å². The first-order valence-corrected chi connectivity index (χ1v) is 6.34. The van der Waals surface area contributed by atoms with Crippen molar-refractivity contribution >= 4 is 29.2 Å². The van der Waals surface area contributed by atoms with Gasteiger partial charge in [-0.15, -0.1) is 0 Å². The summed E-state index contributed by atoms with van der Waals surface area (Å²) < 4.78 is 4.86. The summed E-state index contributed by atoms with van der Waals surface area (Å²) >= 11 is 5.93. The van der Waals surface area contributed by atoms with Gasteiger partial charge in [0.05, 0.1) is 19.6 Å². The van der Waals surface area contributed by atoms with Crippen molar-refractivity contribution in [3.8, 4) is 0 Å². The van der Waals surface area contributed by atoms with Crippen molar-refractivity contribution in [2.45, 2.75) is 13.3 Å². The number of hydrogen-bond acceptors (Lipinski definition) is 3. The Balaban J connectivity index is 2.18. The molecule has 0 saturated carbocycles. The Kier molecular flexibility index (Phi) is 3.90. The molecule has 100 valence electrons. The van der Waals surface area contributed by atoms with Crippen LogP contribution in [0, 0.1) is 0 Å². The number of rotatable bonds is 4. The van der Waals surface area contributed by atoms with Crippen molar-refractivity contribution in [2.24, 2.45) is 0 Å². The maximum absolute atomic E-state index is 11.9. The second kappa shape index (κ2) is 5.45. The number of halogens is 1. The Labute approximate surface area is 116 Å². The van der Waals surface area contributed by atoms with Crippen LogP contribution in [0.15, 0.2) is 30.4 Å². The van der Waals surface area contributed by atoms with Crippen molar-refractivity contribution in [1.82, 2.24) is 0 Å². The summed E-state index contributed by atoms with van der Waals surface area (Å²) in [5.41, 5.74) is 1.90. The first kappa shape index (κ1) is 13.6. The highest BCUT2D eigenvalue weighted by molar-refractivity contribution is 6.31. The smallest absolute Gasteiger partial charge is 0.335 e. The quantitative estimate of drug-likeness (QED) is 0.628. The number of carbonyl (C=O) groups excluding carboxylic acids is 2. The standard InChI is InChI=1S/C14H14ClNO3/c1-3-19-14(18)9(2)8-16-12-7-11(15)5-4-10(12)6-13(16)17/h4-5,7H,2-3,6,8H2,1H3. The number of fused-ring (bicyclic) bond motifs is 1. The number of anilines is 1. The Morgan fingerprint density at radius 1 is 1.53 bits per heavy atom. The second-order valence-corrected chi connectivity index (χ2v) is 4.69. The summed E-state index contributed by atoms with van der Waals surface area (Å²) in [5.74, 6) is -0.548. The van der Waals surface area contributed by atoms with Gasteiger partial charge in [0.15, 0.2) is 0 Å². The molecular weight excluding hydrogens is 266 g/mol. The molecule has 0 fully saturated rings. The number of amides is 1. The molecule has 1 aliphatic heterocycles. The zero-order valence-corrected chi connectivity index (χ0v) is 11.4. The number of carbonyl (C=O) groups is 2. The molecule has 1 heterocycles. The van der Waals surface area contributed by atoms with E-state index >= 15 is 0 Å². The van der Waals surface area contributed by atoms with E-state index < -0.39 is 5.97 Å². The largest absolute Gasteiger partial charge is 0.463 e. The van der Waals surface area contributed by atoms with Crippen LogP contribution in [0.1, 0.15) is 12.5 Å². The minimum Gasteiger partial charge on any atom is -0.463 e. The third kappa shape index (κ3) is 2.79. The molecule has 0 aromatic heterocycles. The molecule has 0 spiro atoms. The molecule has 0 saturated heterocycles. The van der Waals surface area contributed by atoms with Crippen LogP contribution in [0.2, 0.25) is 5.02 Å². The van der Waals surface area contributed by atoms with Crippen LogP contribution in [-0.2, 0) is 20.7 Å². The van der Waals surface area contributed by atoms with Gasteiger partial charge in [-0.1, -0.05) is 24.2 Å². The van der Waals surface area contributed by atoms with Gasteiger partial charge in [-0.05, 0) is 24.6 Å². The van der Waals surface area contributed by atoms with Crippen LogP contribution >= 0.6 is 11.6 Å². The van der Waals surface area contributed by atoms with Gasteiger partial charge >= 0.3 is 5.97 Å². The average Bonchev–Trinajstić information content (AvgIpc) is 2.66. The van der Waals surface area contributed by atoms with Crippen molar-refractivity contribution in [3.63, 3.8) is 0 Å². The molecule has 0 unspecified atom stereocenters. The average molecular weight is 280 g/mol. The van der Waals surface area contributed by atoms with E-state index in [1.807, 2.05) is 6.07 Å². The van der Waals surface area contributed by atoms with Crippen LogP contribution in [0.3, 0.4) is 0 Å². The zero-order valence-electron chi connectivity index (χ0n) is 10.6. The van der Waals surface area contributed by atoms with Gasteiger partial charge in [0.25, 0.3) is 0 Å². The van der Waals surface area contributed by atoms with Crippen LogP contribution in [0.5, 0.6) is 0 Å². The summed E-state index contributed by atoms with van der Waals surface area (Å²) in [7, 11) is 0. The first-order valence-electron chi connectivity index (χ1n) is 5.96. The van der Waals surface area contributed by atoms with Crippen molar-refractivity contribution in [1.29, 1.82) is 0 Å². The minimum atomic E-state index is -0.481. The second-order valence-electron chi connectivity index (χ2n) is 4.25. The van der Waals surface area contributed by atoms with Gasteiger partial charge in [-0.3, -0.25) is 4.79 Å². The van der Waals surface area contributed by atoms with E-state index in [1.54, 1.807) is 19.1 Å². The number of esters is 1. The Morgan fingerprint density at radius 3 is 2.95 bits per heavy atom. The number of benzene rings is 1. The SMILES string of the molecule is C=C(CN1C(=O)Cc2ccc(Cl)cc21)C(=O)OCC. The molecule has 1 aromatic rings. The van der Waals surface area contributed by atoms with Crippen LogP contribution in [0.25, 0.3) is 0 Å². The number of ether oxygens (including phenoxy) is 1. The van der Waals surface area contributed by atoms with Gasteiger partial charge in [0.2, 0.25) is 5.91 Å².